The van der Waals surface area contributed by atoms with Gasteiger partial charge in [-0.1, -0.05) is 23.7 Å². The largest absolute Gasteiger partial charge is 0.352 e. The van der Waals surface area contributed by atoms with Crippen LogP contribution >= 0.6 is 27.5 Å². The first kappa shape index (κ1) is 16.3. The van der Waals surface area contributed by atoms with Gasteiger partial charge in [0.15, 0.2) is 0 Å². The molecule has 1 aromatic heterocycles. The second kappa shape index (κ2) is 8.37. The standard InChI is InChI=1S/C16H19BrClN3/c17-14-5-8-16(20-11-14)21(10-2-1-9-19)12-13-3-6-15(18)7-4-13/h3-8,11H,1-2,9-10,12,19H2. The van der Waals surface area contributed by atoms with Gasteiger partial charge in [0.25, 0.3) is 0 Å². The summed E-state index contributed by atoms with van der Waals surface area (Å²) in [5.74, 6) is 0.977. The van der Waals surface area contributed by atoms with E-state index in [1.165, 1.54) is 5.56 Å². The number of hydrogen-bond acceptors (Lipinski definition) is 3. The molecule has 0 radical (unpaired) electrons. The molecule has 1 aromatic carbocycles. The molecule has 0 amide bonds. The third-order valence-electron chi connectivity index (χ3n) is 3.20. The first-order chi connectivity index (χ1) is 10.2. The highest BCUT2D eigenvalue weighted by Gasteiger charge is 2.08. The van der Waals surface area contributed by atoms with Crippen molar-refractivity contribution in [2.75, 3.05) is 18.0 Å². The number of halogens is 2. The zero-order valence-corrected chi connectivity index (χ0v) is 14.1. The van der Waals surface area contributed by atoms with E-state index in [4.69, 9.17) is 17.3 Å². The Balaban J connectivity index is 2.11. The van der Waals surface area contributed by atoms with Gasteiger partial charge in [0.2, 0.25) is 0 Å². The van der Waals surface area contributed by atoms with Crippen molar-refractivity contribution in [3.63, 3.8) is 0 Å². The van der Waals surface area contributed by atoms with Crippen molar-refractivity contribution in [1.29, 1.82) is 0 Å². The Morgan fingerprint density at radius 1 is 1.10 bits per heavy atom. The van der Waals surface area contributed by atoms with Gasteiger partial charge in [0.1, 0.15) is 5.82 Å². The third kappa shape index (κ3) is 5.30. The highest BCUT2D eigenvalue weighted by molar-refractivity contribution is 9.10. The maximum absolute atomic E-state index is 5.94. The van der Waals surface area contributed by atoms with Gasteiger partial charge in [-0.25, -0.2) is 4.98 Å². The number of nitrogens with zero attached hydrogens (tertiary/aromatic N) is 2. The SMILES string of the molecule is NCCCCN(Cc1ccc(Cl)cc1)c1ccc(Br)cn1. The fourth-order valence-electron chi connectivity index (χ4n) is 2.09. The Kier molecular flexibility index (Phi) is 6.49. The average molecular weight is 369 g/mol. The van der Waals surface area contributed by atoms with Crippen LogP contribution in [0.4, 0.5) is 5.82 Å². The summed E-state index contributed by atoms with van der Waals surface area (Å²) in [5.41, 5.74) is 6.81. The highest BCUT2D eigenvalue weighted by Crippen LogP contribution is 2.19. The number of benzene rings is 1. The van der Waals surface area contributed by atoms with Crippen molar-refractivity contribution in [3.8, 4) is 0 Å². The van der Waals surface area contributed by atoms with Crippen molar-refractivity contribution in [1.82, 2.24) is 4.98 Å². The summed E-state index contributed by atoms with van der Waals surface area (Å²) >= 11 is 9.36. The molecular weight excluding hydrogens is 350 g/mol. The number of anilines is 1. The van der Waals surface area contributed by atoms with Gasteiger partial charge in [-0.05, 0) is 65.1 Å². The van der Waals surface area contributed by atoms with Crippen molar-refractivity contribution in [2.24, 2.45) is 5.73 Å². The molecule has 0 saturated carbocycles. The lowest BCUT2D eigenvalue weighted by molar-refractivity contribution is 0.685. The van der Waals surface area contributed by atoms with Gasteiger partial charge < -0.3 is 10.6 Å². The summed E-state index contributed by atoms with van der Waals surface area (Å²) in [4.78, 5) is 6.76. The van der Waals surface area contributed by atoms with Gasteiger partial charge in [0, 0.05) is 28.8 Å². The highest BCUT2D eigenvalue weighted by atomic mass is 79.9. The molecule has 0 atom stereocenters. The molecule has 3 nitrogen and oxygen atoms in total. The summed E-state index contributed by atoms with van der Waals surface area (Å²) in [6.45, 7) is 2.48. The van der Waals surface area contributed by atoms with Gasteiger partial charge in [-0.2, -0.15) is 0 Å². The number of unbranched alkanes of at least 4 members (excludes halogenated alkanes) is 1. The molecule has 2 N–H and O–H groups in total. The minimum Gasteiger partial charge on any atom is -0.352 e. The number of pyridine rings is 1. The van der Waals surface area contributed by atoms with Crippen LogP contribution in [-0.4, -0.2) is 18.1 Å². The van der Waals surface area contributed by atoms with E-state index in [0.29, 0.717) is 0 Å². The smallest absolute Gasteiger partial charge is 0.128 e. The molecule has 0 fully saturated rings. The Bertz CT molecular complexity index is 542. The number of nitrogens with two attached hydrogens (primary N) is 1. The molecule has 0 aliphatic carbocycles. The first-order valence-corrected chi connectivity index (χ1v) is 8.17. The van der Waals surface area contributed by atoms with E-state index in [1.54, 1.807) is 0 Å². The first-order valence-electron chi connectivity index (χ1n) is 7.00. The lowest BCUT2D eigenvalue weighted by Crippen LogP contribution is -2.25. The van der Waals surface area contributed by atoms with Crippen LogP contribution in [0.5, 0.6) is 0 Å². The molecule has 0 bridgehead atoms. The predicted molar refractivity (Wildman–Crippen MR) is 92.7 cm³/mol. The van der Waals surface area contributed by atoms with E-state index < -0.39 is 0 Å². The summed E-state index contributed by atoms with van der Waals surface area (Å²) in [7, 11) is 0. The zero-order chi connectivity index (χ0) is 15.1. The molecule has 5 heteroatoms. The van der Waals surface area contributed by atoms with Crippen LogP contribution in [0.3, 0.4) is 0 Å². The minimum atomic E-state index is 0.725. The summed E-state index contributed by atoms with van der Waals surface area (Å²) in [6, 6.07) is 12.0. The monoisotopic (exact) mass is 367 g/mol. The fraction of sp³-hybridized carbons (Fsp3) is 0.312. The van der Waals surface area contributed by atoms with E-state index >= 15 is 0 Å². The van der Waals surface area contributed by atoms with Gasteiger partial charge in [0.05, 0.1) is 0 Å². The lowest BCUT2D eigenvalue weighted by atomic mass is 10.2. The van der Waals surface area contributed by atoms with Crippen molar-refractivity contribution in [3.05, 3.63) is 57.7 Å². The molecule has 0 spiro atoms. The van der Waals surface area contributed by atoms with E-state index in [0.717, 1.165) is 47.8 Å². The second-order valence-corrected chi connectivity index (χ2v) is 6.23. The van der Waals surface area contributed by atoms with E-state index in [-0.39, 0.29) is 0 Å². The molecule has 2 aromatic rings. The Morgan fingerprint density at radius 3 is 2.48 bits per heavy atom. The van der Waals surface area contributed by atoms with E-state index in [1.807, 2.05) is 30.5 Å². The second-order valence-electron chi connectivity index (χ2n) is 4.88. The van der Waals surface area contributed by atoms with Crippen molar-refractivity contribution >= 4 is 33.3 Å². The van der Waals surface area contributed by atoms with Crippen LogP contribution < -0.4 is 10.6 Å². The Hall–Kier alpha value is -1.10. The molecule has 0 unspecified atom stereocenters. The topological polar surface area (TPSA) is 42.1 Å². The van der Waals surface area contributed by atoms with Crippen LogP contribution in [-0.2, 0) is 6.54 Å². The Morgan fingerprint density at radius 2 is 1.86 bits per heavy atom. The zero-order valence-electron chi connectivity index (χ0n) is 11.8. The van der Waals surface area contributed by atoms with Crippen LogP contribution in [0.15, 0.2) is 47.1 Å². The summed E-state index contributed by atoms with van der Waals surface area (Å²) < 4.78 is 0.986. The van der Waals surface area contributed by atoms with Gasteiger partial charge in [-0.3, -0.25) is 0 Å². The summed E-state index contributed by atoms with van der Waals surface area (Å²) in [6.07, 6.45) is 3.91. The minimum absolute atomic E-state index is 0.725. The average Bonchev–Trinajstić information content (AvgIpc) is 2.49. The van der Waals surface area contributed by atoms with Gasteiger partial charge in [-0.15, -0.1) is 0 Å². The molecule has 0 aliphatic rings. The van der Waals surface area contributed by atoms with Gasteiger partial charge >= 0.3 is 0 Å². The van der Waals surface area contributed by atoms with Crippen molar-refractivity contribution < 1.29 is 0 Å². The van der Waals surface area contributed by atoms with Crippen LogP contribution in [0.25, 0.3) is 0 Å². The maximum Gasteiger partial charge on any atom is 0.128 e. The van der Waals surface area contributed by atoms with Crippen molar-refractivity contribution in [2.45, 2.75) is 19.4 Å². The molecule has 21 heavy (non-hydrogen) atoms. The predicted octanol–water partition coefficient (Wildman–Crippen LogP) is 4.24. The molecule has 112 valence electrons. The lowest BCUT2D eigenvalue weighted by Gasteiger charge is -2.24. The molecule has 2 rings (SSSR count). The third-order valence-corrected chi connectivity index (χ3v) is 3.93. The quantitative estimate of drug-likeness (QED) is 0.743. The van der Waals surface area contributed by atoms with E-state index in [9.17, 15) is 0 Å². The molecule has 0 aliphatic heterocycles. The maximum atomic E-state index is 5.94. The number of hydrogen-bond donors (Lipinski definition) is 1. The van der Waals surface area contributed by atoms with Crippen LogP contribution in [0.2, 0.25) is 5.02 Å². The Labute approximate surface area is 139 Å². The molecular formula is C16H19BrClN3. The normalized spacial score (nSPS) is 10.6. The summed E-state index contributed by atoms with van der Waals surface area (Å²) in [5, 5.41) is 0.759. The molecule has 1 heterocycles. The van der Waals surface area contributed by atoms with Crippen LogP contribution in [0, 0.1) is 0 Å². The van der Waals surface area contributed by atoms with Crippen LogP contribution in [0.1, 0.15) is 18.4 Å². The number of rotatable bonds is 7. The van der Waals surface area contributed by atoms with E-state index in [2.05, 4.69) is 37.9 Å². The molecule has 0 saturated heterocycles. The number of aromatic nitrogens is 1. The fourth-order valence-corrected chi connectivity index (χ4v) is 2.45.